The molecule has 47 heavy (non-hydrogen) atoms. The molecule has 15 heteroatoms. The first-order valence-electron chi connectivity index (χ1n) is 16.1. The predicted octanol–water partition coefficient (Wildman–Crippen LogP) is 6.16. The second kappa shape index (κ2) is 12.0. The number of hydrogen-bond donors (Lipinski definition) is 2. The van der Waals surface area contributed by atoms with Crippen LogP contribution in [-0.2, 0) is 6.18 Å². The van der Waals surface area contributed by atoms with E-state index in [1.165, 1.54) is 0 Å². The molecule has 4 aliphatic rings. The zero-order valence-electron chi connectivity index (χ0n) is 26.0. The summed E-state index contributed by atoms with van der Waals surface area (Å²) in [7, 11) is 1.86. The van der Waals surface area contributed by atoms with Crippen molar-refractivity contribution in [3.8, 4) is 23.1 Å². The fraction of sp³-hybridized carbons (Fsp3) is 0.594. The fourth-order valence-corrected chi connectivity index (χ4v) is 8.29. The molecule has 254 valence electrons. The van der Waals surface area contributed by atoms with E-state index in [2.05, 4.69) is 25.1 Å². The Bertz CT molecular complexity index is 1690. The van der Waals surface area contributed by atoms with Gasteiger partial charge in [0.15, 0.2) is 5.82 Å². The number of nitrogens with zero attached hydrogens (tertiary/aromatic N) is 5. The standard InChI is InChI=1S/C32H37ClF5N7O2/c1-40-9-4-11-45-27-22-26(42-29(43-27)47-17-31-7-3-10-44(31)16-18(34)15-31)24(35)25(41-28(22)46-12-8-30(45)5-2-6-30)20-13-19(39)14-21(33)23(20)32(36,37)38/h13-14,18,40H,2-12,15-17,39H2,1H3/t18-,31+/m1/s1. The Morgan fingerprint density at radius 3 is 2.68 bits per heavy atom. The molecule has 1 spiro atoms. The van der Waals surface area contributed by atoms with Crippen LogP contribution in [0.3, 0.4) is 0 Å². The third-order valence-electron chi connectivity index (χ3n) is 10.3. The number of alkyl halides is 4. The van der Waals surface area contributed by atoms with Crippen LogP contribution in [-0.4, -0.2) is 83.5 Å². The van der Waals surface area contributed by atoms with Crippen molar-refractivity contribution >= 4 is 34.0 Å². The van der Waals surface area contributed by atoms with Crippen LogP contribution in [0.5, 0.6) is 11.9 Å². The minimum Gasteiger partial charge on any atom is -0.477 e. The van der Waals surface area contributed by atoms with Crippen LogP contribution in [0.15, 0.2) is 12.1 Å². The number of aromatic nitrogens is 3. The largest absolute Gasteiger partial charge is 0.477 e. The molecule has 2 saturated heterocycles. The molecule has 0 bridgehead atoms. The maximum Gasteiger partial charge on any atom is 0.418 e. The average molecular weight is 682 g/mol. The number of nitrogen functional groups attached to an aromatic ring is 1. The number of nitrogens with two attached hydrogens (primary N) is 1. The Morgan fingerprint density at radius 1 is 1.15 bits per heavy atom. The first-order chi connectivity index (χ1) is 22.4. The molecule has 9 nitrogen and oxygen atoms in total. The van der Waals surface area contributed by atoms with Crippen LogP contribution in [0.1, 0.15) is 56.9 Å². The third-order valence-corrected chi connectivity index (χ3v) is 10.6. The van der Waals surface area contributed by atoms with Crippen molar-refractivity contribution in [2.24, 2.45) is 0 Å². The Balaban J connectivity index is 1.43. The van der Waals surface area contributed by atoms with E-state index in [9.17, 15) is 17.6 Å². The van der Waals surface area contributed by atoms with Gasteiger partial charge in [0.05, 0.1) is 22.7 Å². The monoisotopic (exact) mass is 681 g/mol. The van der Waals surface area contributed by atoms with Crippen molar-refractivity contribution in [2.75, 3.05) is 57.1 Å². The molecule has 2 aromatic heterocycles. The van der Waals surface area contributed by atoms with Gasteiger partial charge < -0.3 is 25.4 Å². The van der Waals surface area contributed by atoms with Gasteiger partial charge in [0, 0.05) is 42.7 Å². The second-order valence-electron chi connectivity index (χ2n) is 13.2. The molecule has 0 unspecified atom stereocenters. The van der Waals surface area contributed by atoms with E-state index in [0.717, 1.165) is 63.7 Å². The molecular formula is C32H37ClF5N7O2. The highest BCUT2D eigenvalue weighted by Gasteiger charge is 2.50. The van der Waals surface area contributed by atoms with E-state index >= 15 is 4.39 Å². The summed E-state index contributed by atoms with van der Waals surface area (Å²) in [5.74, 6) is -0.850. The van der Waals surface area contributed by atoms with Gasteiger partial charge in [-0.1, -0.05) is 11.6 Å². The number of halogens is 6. The molecule has 1 aromatic carbocycles. The lowest BCUT2D eigenvalue weighted by Crippen LogP contribution is -2.56. The molecule has 3 N–H and O–H groups in total. The van der Waals surface area contributed by atoms with Gasteiger partial charge in [-0.05, 0) is 70.8 Å². The normalized spacial score (nSPS) is 23.8. The zero-order valence-corrected chi connectivity index (χ0v) is 26.8. The van der Waals surface area contributed by atoms with Crippen LogP contribution >= 0.6 is 11.6 Å². The van der Waals surface area contributed by atoms with Crippen LogP contribution in [0.25, 0.3) is 22.2 Å². The number of fused-ring (bicyclic) bond motifs is 1. The Kier molecular flexibility index (Phi) is 8.27. The van der Waals surface area contributed by atoms with Crippen molar-refractivity contribution < 1.29 is 31.4 Å². The maximum atomic E-state index is 16.8. The van der Waals surface area contributed by atoms with E-state index in [4.69, 9.17) is 31.8 Å². The number of pyridine rings is 1. The summed E-state index contributed by atoms with van der Waals surface area (Å²) in [5.41, 5.74) is 2.13. The first-order valence-corrected chi connectivity index (χ1v) is 16.5. The maximum absolute atomic E-state index is 16.8. The summed E-state index contributed by atoms with van der Waals surface area (Å²) in [5, 5.41) is 2.63. The molecule has 1 aliphatic carbocycles. The molecule has 3 aromatic rings. The fourth-order valence-electron chi connectivity index (χ4n) is 7.96. The molecule has 7 rings (SSSR count). The predicted molar refractivity (Wildman–Crippen MR) is 168 cm³/mol. The van der Waals surface area contributed by atoms with Gasteiger partial charge in [-0.2, -0.15) is 23.1 Å². The highest BCUT2D eigenvalue weighted by atomic mass is 35.5. The summed E-state index contributed by atoms with van der Waals surface area (Å²) in [6.07, 6.45) is 0.114. The van der Waals surface area contributed by atoms with Crippen molar-refractivity contribution in [2.45, 2.75) is 74.8 Å². The van der Waals surface area contributed by atoms with Crippen LogP contribution in [0.2, 0.25) is 5.02 Å². The molecule has 3 aliphatic heterocycles. The van der Waals surface area contributed by atoms with E-state index < -0.39 is 45.5 Å². The van der Waals surface area contributed by atoms with E-state index in [0.29, 0.717) is 31.7 Å². The highest BCUT2D eigenvalue weighted by Crippen LogP contribution is 2.50. The SMILES string of the molecule is CNCCCN1c2nc(OC[C@@]34CCCN3C[C@H](F)C4)nc3c(F)c(-c4cc(N)cc(Cl)c4C(F)(F)F)nc(c23)OCCC12CCC2. The number of anilines is 2. The smallest absolute Gasteiger partial charge is 0.418 e. The number of rotatable bonds is 8. The summed E-state index contributed by atoms with van der Waals surface area (Å²) >= 11 is 6.04. The van der Waals surface area contributed by atoms with Crippen molar-refractivity contribution in [1.29, 1.82) is 0 Å². The number of hydrogen-bond acceptors (Lipinski definition) is 9. The van der Waals surface area contributed by atoms with E-state index in [1.54, 1.807) is 0 Å². The summed E-state index contributed by atoms with van der Waals surface area (Å²) in [4.78, 5) is 17.9. The minimum atomic E-state index is -4.94. The molecular weight excluding hydrogens is 645 g/mol. The minimum absolute atomic E-state index is 0.0889. The number of nitrogens with one attached hydrogen (secondary N) is 1. The van der Waals surface area contributed by atoms with Crippen molar-refractivity contribution in [3.63, 3.8) is 0 Å². The van der Waals surface area contributed by atoms with Crippen molar-refractivity contribution in [3.05, 3.63) is 28.5 Å². The Morgan fingerprint density at radius 2 is 1.96 bits per heavy atom. The molecule has 1 saturated carbocycles. The quantitative estimate of drug-likeness (QED) is 0.164. The third kappa shape index (κ3) is 5.59. The lowest BCUT2D eigenvalue weighted by molar-refractivity contribution is -0.137. The van der Waals surface area contributed by atoms with E-state index in [-0.39, 0.29) is 47.2 Å². The van der Waals surface area contributed by atoms with Gasteiger partial charge in [-0.3, -0.25) is 4.90 Å². The number of benzene rings is 1. The van der Waals surface area contributed by atoms with Crippen molar-refractivity contribution in [1.82, 2.24) is 25.2 Å². The summed E-state index contributed by atoms with van der Waals surface area (Å²) in [6, 6.07) is 1.82. The van der Waals surface area contributed by atoms with Gasteiger partial charge in [0.1, 0.15) is 35.2 Å². The summed E-state index contributed by atoms with van der Waals surface area (Å²) < 4.78 is 86.7. The van der Waals surface area contributed by atoms with Gasteiger partial charge in [-0.15, -0.1) is 0 Å². The lowest BCUT2D eigenvalue weighted by Gasteiger charge is -2.52. The molecule has 5 heterocycles. The first kappa shape index (κ1) is 32.3. The average Bonchev–Trinajstić information content (AvgIpc) is 3.50. The van der Waals surface area contributed by atoms with Gasteiger partial charge in [0.2, 0.25) is 5.88 Å². The van der Waals surface area contributed by atoms with Crippen LogP contribution in [0, 0.1) is 5.82 Å². The molecule has 3 fully saturated rings. The Hall–Kier alpha value is -3.23. The van der Waals surface area contributed by atoms with Gasteiger partial charge >= 0.3 is 12.2 Å². The molecule has 2 atom stereocenters. The highest BCUT2D eigenvalue weighted by molar-refractivity contribution is 6.32. The molecule has 0 radical (unpaired) electrons. The zero-order chi connectivity index (χ0) is 33.1. The number of ether oxygens (including phenoxy) is 2. The second-order valence-corrected chi connectivity index (χ2v) is 13.6. The van der Waals surface area contributed by atoms with E-state index in [1.807, 2.05) is 7.05 Å². The molecule has 0 amide bonds. The van der Waals surface area contributed by atoms with Gasteiger partial charge in [0.25, 0.3) is 0 Å². The summed E-state index contributed by atoms with van der Waals surface area (Å²) in [6.45, 7) is 2.67. The Labute approximate surface area is 274 Å². The lowest BCUT2D eigenvalue weighted by atomic mass is 9.72. The topological polar surface area (TPSA) is 102 Å². The van der Waals surface area contributed by atoms with Crippen LogP contribution < -0.4 is 25.4 Å². The van der Waals surface area contributed by atoms with Gasteiger partial charge in [-0.25, -0.2) is 13.8 Å². The van der Waals surface area contributed by atoms with Crippen LogP contribution in [0.4, 0.5) is 33.5 Å².